The Morgan fingerprint density at radius 3 is 2.94 bits per heavy atom. The molecule has 9 atom stereocenters. The first kappa shape index (κ1) is 24.2. The molecule has 1 unspecified atom stereocenters. The number of aromatic nitrogens is 1. The highest BCUT2D eigenvalue weighted by molar-refractivity contribution is 9.10. The second-order valence-electron chi connectivity index (χ2n) is 11.4. The fraction of sp³-hybridized carbons (Fsp3) is 0.571. The van der Waals surface area contributed by atoms with Gasteiger partial charge in [0, 0.05) is 34.9 Å². The molecule has 2 heterocycles. The van der Waals surface area contributed by atoms with E-state index in [4.69, 9.17) is 9.47 Å². The Labute approximate surface area is 218 Å². The number of nitrogens with zero attached hydrogens (tertiary/aromatic N) is 2. The summed E-state index contributed by atoms with van der Waals surface area (Å²) in [6, 6.07) is 5.67. The molecule has 1 aromatic rings. The van der Waals surface area contributed by atoms with Crippen molar-refractivity contribution in [3.05, 3.63) is 52.3 Å². The van der Waals surface area contributed by atoms with Gasteiger partial charge in [0.05, 0.1) is 24.7 Å². The molecule has 1 N–H and O–H groups in total. The van der Waals surface area contributed by atoms with Gasteiger partial charge in [0.2, 0.25) is 0 Å². The summed E-state index contributed by atoms with van der Waals surface area (Å²) in [6.45, 7) is 4.16. The second-order valence-corrected chi connectivity index (χ2v) is 12.1. The molecular formula is C28H29BrN2O5. The summed E-state index contributed by atoms with van der Waals surface area (Å²) in [5.41, 5.74) is -0.667. The van der Waals surface area contributed by atoms with Crippen LogP contribution in [0, 0.1) is 39.9 Å². The van der Waals surface area contributed by atoms with Gasteiger partial charge >= 0.3 is 0 Å². The quantitative estimate of drug-likeness (QED) is 0.438. The van der Waals surface area contributed by atoms with Crippen LogP contribution >= 0.6 is 15.9 Å². The Morgan fingerprint density at radius 2 is 2.19 bits per heavy atom. The van der Waals surface area contributed by atoms with Gasteiger partial charge in [-0.15, -0.1) is 0 Å². The summed E-state index contributed by atoms with van der Waals surface area (Å²) in [6.07, 6.45) is 7.28. The molecule has 36 heavy (non-hydrogen) atoms. The summed E-state index contributed by atoms with van der Waals surface area (Å²) >= 11 is 3.47. The maximum absolute atomic E-state index is 13.8. The smallest absolute Gasteiger partial charge is 0.188 e. The third kappa shape index (κ3) is 3.03. The van der Waals surface area contributed by atoms with E-state index in [1.54, 1.807) is 18.3 Å². The van der Waals surface area contributed by atoms with Crippen LogP contribution in [0.1, 0.15) is 57.8 Å². The van der Waals surface area contributed by atoms with Crippen molar-refractivity contribution in [3.8, 4) is 6.07 Å². The molecule has 0 bridgehead atoms. The van der Waals surface area contributed by atoms with Gasteiger partial charge < -0.3 is 14.6 Å². The summed E-state index contributed by atoms with van der Waals surface area (Å²) in [4.78, 5) is 30.2. The highest BCUT2D eigenvalue weighted by Crippen LogP contribution is 2.70. The first-order chi connectivity index (χ1) is 17.2. The molecule has 0 amide bonds. The van der Waals surface area contributed by atoms with Crippen molar-refractivity contribution in [1.82, 2.24) is 4.98 Å². The van der Waals surface area contributed by atoms with Crippen molar-refractivity contribution in [3.63, 3.8) is 0 Å². The van der Waals surface area contributed by atoms with Gasteiger partial charge in [0.25, 0.3) is 0 Å². The molecule has 0 radical (unpaired) electrons. The van der Waals surface area contributed by atoms with Crippen molar-refractivity contribution in [1.29, 1.82) is 5.26 Å². The predicted octanol–water partition coefficient (Wildman–Crippen LogP) is 4.37. The molecule has 188 valence electrons. The van der Waals surface area contributed by atoms with E-state index >= 15 is 0 Å². The maximum atomic E-state index is 13.8. The number of carbonyl (C=O) groups excluding carboxylic acids is 2. The number of hydrogen-bond donors (Lipinski definition) is 1. The molecule has 1 aliphatic heterocycles. The van der Waals surface area contributed by atoms with Crippen LogP contribution in [0.5, 0.6) is 0 Å². The number of ketones is 2. The minimum Gasteiger partial charge on any atom is -0.393 e. The molecule has 0 aromatic carbocycles. The lowest BCUT2D eigenvalue weighted by molar-refractivity contribution is -0.197. The van der Waals surface area contributed by atoms with Crippen molar-refractivity contribution in [2.24, 2.45) is 28.6 Å². The second kappa shape index (κ2) is 8.16. The summed E-state index contributed by atoms with van der Waals surface area (Å²) in [5.74, 6) is -0.103. The van der Waals surface area contributed by atoms with E-state index in [-0.39, 0.29) is 35.7 Å². The van der Waals surface area contributed by atoms with Gasteiger partial charge in [-0.2, -0.15) is 5.26 Å². The van der Waals surface area contributed by atoms with Gasteiger partial charge in [0.1, 0.15) is 4.60 Å². The first-order valence-electron chi connectivity index (χ1n) is 12.6. The number of halogens is 1. The van der Waals surface area contributed by atoms with E-state index in [9.17, 15) is 20.0 Å². The monoisotopic (exact) mass is 552 g/mol. The number of carbonyl (C=O) groups is 2. The standard InChI is InChI=1S/C28H29BrN2O5/c1-26-9-7-16(32)12-15(26)5-6-17-19-13-22-28(21(34)8-10-30,27(19,2)14-20(33)23(17)26)36-25(35-22)18-4-3-11-31-24(18)29/h3-5,7,9,11,17,19-20,22-23,25,33H,6,8,12-14H2,1-2H3/t17-,19-,20-,22+,23+,25?,26-,27-,28+/m0/s1. The third-order valence-corrected chi connectivity index (χ3v) is 10.6. The molecule has 1 aromatic heterocycles. The van der Waals surface area contributed by atoms with Crippen LogP contribution < -0.4 is 0 Å². The molecular weight excluding hydrogens is 524 g/mol. The van der Waals surface area contributed by atoms with E-state index in [0.29, 0.717) is 29.4 Å². The Morgan fingerprint density at radius 1 is 1.39 bits per heavy atom. The SMILES string of the molecule is C[C@]12C=CC(=O)CC1=CC[C@@H]1[C@@H]2[C@@H](O)C[C@@]2(C)[C@H]1C[C@H]1OC(c3cccnc3Br)O[C@]12C(=O)CC#N. The van der Waals surface area contributed by atoms with E-state index in [2.05, 4.69) is 33.9 Å². The van der Waals surface area contributed by atoms with Crippen molar-refractivity contribution < 1.29 is 24.2 Å². The topological polar surface area (TPSA) is 110 Å². The third-order valence-electron chi connectivity index (χ3n) is 9.89. The maximum Gasteiger partial charge on any atom is 0.188 e. The lowest BCUT2D eigenvalue weighted by atomic mass is 9.46. The van der Waals surface area contributed by atoms with Crippen LogP contribution in [0.3, 0.4) is 0 Å². The molecule has 7 nitrogen and oxygen atoms in total. The minimum absolute atomic E-state index is 0.0532. The molecule has 1 saturated heterocycles. The number of pyridine rings is 1. The van der Waals surface area contributed by atoms with Crippen LogP contribution in [-0.4, -0.2) is 39.5 Å². The molecule has 5 aliphatic rings. The molecule has 8 heteroatoms. The van der Waals surface area contributed by atoms with Crippen molar-refractivity contribution >= 4 is 27.5 Å². The summed E-state index contributed by atoms with van der Waals surface area (Å²) in [5, 5.41) is 21.2. The summed E-state index contributed by atoms with van der Waals surface area (Å²) in [7, 11) is 0. The zero-order valence-corrected chi connectivity index (χ0v) is 21.9. The van der Waals surface area contributed by atoms with Gasteiger partial charge in [0.15, 0.2) is 23.5 Å². The Kier molecular flexibility index (Phi) is 5.48. The van der Waals surface area contributed by atoms with Crippen molar-refractivity contribution in [2.75, 3.05) is 0 Å². The van der Waals surface area contributed by atoms with E-state index in [1.165, 1.54) is 0 Å². The van der Waals surface area contributed by atoms with Gasteiger partial charge in [-0.05, 0) is 65.2 Å². The largest absolute Gasteiger partial charge is 0.393 e. The number of Topliss-reactive ketones (excluding diaryl/α,β-unsaturated/α-hetero) is 1. The zero-order valence-electron chi connectivity index (χ0n) is 20.3. The van der Waals surface area contributed by atoms with E-state index in [0.717, 1.165) is 12.0 Å². The zero-order chi connectivity index (χ0) is 25.5. The van der Waals surface area contributed by atoms with E-state index < -0.39 is 34.9 Å². The predicted molar refractivity (Wildman–Crippen MR) is 132 cm³/mol. The Balaban J connectivity index is 1.43. The van der Waals surface area contributed by atoms with Gasteiger partial charge in [-0.3, -0.25) is 9.59 Å². The van der Waals surface area contributed by atoms with Crippen LogP contribution in [0.25, 0.3) is 0 Å². The number of fused-ring (bicyclic) bond motifs is 7. The van der Waals surface area contributed by atoms with Crippen LogP contribution in [-0.2, 0) is 19.1 Å². The fourth-order valence-corrected chi connectivity index (χ4v) is 8.83. The highest BCUT2D eigenvalue weighted by Gasteiger charge is 2.75. The Bertz CT molecular complexity index is 1250. The number of allylic oxidation sites excluding steroid dienone is 4. The summed E-state index contributed by atoms with van der Waals surface area (Å²) < 4.78 is 13.7. The number of nitriles is 1. The molecule has 0 spiro atoms. The Hall–Kier alpha value is -2.18. The molecule has 2 saturated carbocycles. The average Bonchev–Trinajstić information content (AvgIpc) is 3.33. The van der Waals surface area contributed by atoms with Crippen molar-refractivity contribution in [2.45, 2.75) is 70.1 Å². The van der Waals surface area contributed by atoms with Crippen LogP contribution in [0.4, 0.5) is 0 Å². The number of aliphatic hydroxyl groups excluding tert-OH is 1. The number of rotatable bonds is 3. The molecule has 4 aliphatic carbocycles. The van der Waals surface area contributed by atoms with Crippen LogP contribution in [0.2, 0.25) is 0 Å². The number of ether oxygens (including phenoxy) is 2. The van der Waals surface area contributed by atoms with E-state index in [1.807, 2.05) is 25.1 Å². The van der Waals surface area contributed by atoms with Crippen LogP contribution in [0.15, 0.2) is 46.7 Å². The number of hydrogen-bond acceptors (Lipinski definition) is 7. The lowest BCUT2D eigenvalue weighted by Gasteiger charge is -2.59. The highest BCUT2D eigenvalue weighted by atomic mass is 79.9. The minimum atomic E-state index is -1.33. The lowest BCUT2D eigenvalue weighted by Crippen LogP contribution is -2.62. The average molecular weight is 553 g/mol. The number of aliphatic hydroxyl groups is 1. The van der Waals surface area contributed by atoms with Gasteiger partial charge in [-0.25, -0.2) is 4.98 Å². The molecule has 3 fully saturated rings. The van der Waals surface area contributed by atoms with Gasteiger partial charge in [-0.1, -0.05) is 31.6 Å². The molecule has 6 rings (SSSR count). The fourth-order valence-electron chi connectivity index (χ4n) is 8.39. The normalized spacial score (nSPS) is 44.6. The first-order valence-corrected chi connectivity index (χ1v) is 13.4.